The summed E-state index contributed by atoms with van der Waals surface area (Å²) in [6.45, 7) is 8.09. The number of rotatable bonds is 7. The number of anilines is 1. The Morgan fingerprint density at radius 3 is 2.67 bits per heavy atom. The number of pyridine rings is 1. The Kier molecular flexibility index (Phi) is 8.82. The minimum absolute atomic E-state index is 0.0254. The number of H-pyrrole nitrogens is 1. The molecule has 5 aliphatic rings. The highest BCUT2D eigenvalue weighted by atomic mass is 32.2. The van der Waals surface area contributed by atoms with Crippen LogP contribution in [0.2, 0.25) is 0 Å². The molecule has 4 aromatic rings. The second kappa shape index (κ2) is 13.2. The summed E-state index contributed by atoms with van der Waals surface area (Å²) in [6.07, 6.45) is 8.79. The second-order valence-corrected chi connectivity index (χ2v) is 19.1. The molecule has 2 N–H and O–H groups in total. The number of nitrogens with zero attached hydrogens (tertiary/aromatic N) is 6. The molecule has 0 radical (unpaired) electrons. The number of aromatic nitrogens is 5. The van der Waals surface area contributed by atoms with Crippen molar-refractivity contribution in [1.82, 2.24) is 30.0 Å². The molecule has 0 amide bonds. The number of ether oxygens (including phenoxy) is 3. The van der Waals surface area contributed by atoms with Gasteiger partial charge in [0.25, 0.3) is 0 Å². The van der Waals surface area contributed by atoms with Gasteiger partial charge < -0.3 is 24.2 Å². The fourth-order valence-electron chi connectivity index (χ4n) is 10.7. The first-order valence-electron chi connectivity index (χ1n) is 19.4. The predicted molar refractivity (Wildman–Crippen MR) is 202 cm³/mol. The van der Waals surface area contributed by atoms with E-state index in [-0.39, 0.29) is 53.5 Å². The lowest BCUT2D eigenvalue weighted by Gasteiger charge is -2.48. The first-order valence-corrected chi connectivity index (χ1v) is 21.2. The zero-order chi connectivity index (χ0) is 37.6. The molecule has 0 bridgehead atoms. The van der Waals surface area contributed by atoms with Gasteiger partial charge in [0.1, 0.15) is 28.0 Å². The smallest absolute Gasteiger partial charge is 0.319 e. The van der Waals surface area contributed by atoms with Crippen LogP contribution in [-0.4, -0.2) is 119 Å². The van der Waals surface area contributed by atoms with Crippen LogP contribution in [0.5, 0.6) is 11.9 Å². The average molecular weight is 764 g/mol. The van der Waals surface area contributed by atoms with Gasteiger partial charge in [0, 0.05) is 35.0 Å². The van der Waals surface area contributed by atoms with E-state index in [4.69, 9.17) is 29.2 Å². The minimum Gasteiger partial charge on any atom is -0.480 e. The van der Waals surface area contributed by atoms with Gasteiger partial charge in [-0.05, 0) is 94.9 Å². The topological polar surface area (TPSA) is 156 Å². The summed E-state index contributed by atoms with van der Waals surface area (Å²) in [5.41, 5.74) is 2.01. The number of halogens is 1. The number of β-amino-alcohol motifs (C(OH)–C–C–N with tert-alkyl or cyclic N) is 1. The van der Waals surface area contributed by atoms with Crippen LogP contribution in [0.15, 0.2) is 12.3 Å². The van der Waals surface area contributed by atoms with E-state index in [1.54, 1.807) is 13.1 Å². The van der Waals surface area contributed by atoms with Gasteiger partial charge in [-0.3, -0.25) is 10.00 Å². The van der Waals surface area contributed by atoms with E-state index < -0.39 is 21.3 Å². The van der Waals surface area contributed by atoms with Gasteiger partial charge in [0.2, 0.25) is 5.88 Å². The van der Waals surface area contributed by atoms with E-state index in [9.17, 15) is 13.5 Å². The van der Waals surface area contributed by atoms with Crippen molar-refractivity contribution < 1.29 is 32.1 Å². The molecular weight excluding hydrogens is 714 g/mol. The fourth-order valence-corrected chi connectivity index (χ4v) is 12.9. The Morgan fingerprint density at radius 2 is 1.89 bits per heavy atom. The molecule has 54 heavy (non-hydrogen) atoms. The van der Waals surface area contributed by atoms with E-state index >= 15 is 4.39 Å². The molecule has 3 aliphatic heterocycles. The van der Waals surface area contributed by atoms with Gasteiger partial charge in [-0.15, -0.1) is 0 Å². The van der Waals surface area contributed by atoms with Crippen LogP contribution in [0.3, 0.4) is 0 Å². The van der Waals surface area contributed by atoms with Crippen molar-refractivity contribution in [2.45, 2.75) is 83.4 Å². The van der Waals surface area contributed by atoms with E-state index in [1.807, 2.05) is 24.8 Å². The van der Waals surface area contributed by atoms with Gasteiger partial charge >= 0.3 is 6.01 Å². The Balaban J connectivity index is 1.11. The zero-order valence-corrected chi connectivity index (χ0v) is 32.3. The van der Waals surface area contributed by atoms with Crippen molar-refractivity contribution in [2.24, 2.45) is 17.3 Å². The highest BCUT2D eigenvalue weighted by molar-refractivity contribution is 7.91. The number of hydrogen-bond acceptors (Lipinski definition) is 12. The van der Waals surface area contributed by atoms with E-state index in [0.29, 0.717) is 60.1 Å². The van der Waals surface area contributed by atoms with Crippen molar-refractivity contribution in [3.05, 3.63) is 29.2 Å². The molecule has 5 fully saturated rings. The van der Waals surface area contributed by atoms with Crippen LogP contribution in [0.4, 0.5) is 10.2 Å². The van der Waals surface area contributed by atoms with Crippen molar-refractivity contribution in [3.63, 3.8) is 0 Å². The number of aryl methyl sites for hydroxylation is 1. The molecule has 2 aliphatic carbocycles. The number of fused-ring (bicyclic) bond motifs is 4. The fraction of sp³-hybridized carbons (Fsp3) is 0.641. The van der Waals surface area contributed by atoms with Crippen LogP contribution in [0.1, 0.15) is 63.0 Å². The van der Waals surface area contributed by atoms with Crippen LogP contribution in [0.25, 0.3) is 33.1 Å². The maximum atomic E-state index is 17.3. The molecular formula is C39H50FN7O6S. The van der Waals surface area contributed by atoms with Gasteiger partial charge in [-0.25, -0.2) is 17.8 Å². The van der Waals surface area contributed by atoms with E-state index in [1.165, 1.54) is 7.11 Å². The highest BCUT2D eigenvalue weighted by Gasteiger charge is 2.53. The number of methoxy groups -OCH3 is 1. The molecule has 3 saturated heterocycles. The monoisotopic (exact) mass is 763 g/mol. The van der Waals surface area contributed by atoms with Gasteiger partial charge in [0.05, 0.1) is 56.7 Å². The molecule has 0 spiro atoms. The van der Waals surface area contributed by atoms with Crippen LogP contribution >= 0.6 is 0 Å². The molecule has 9 rings (SSSR count). The van der Waals surface area contributed by atoms with Gasteiger partial charge in [0.15, 0.2) is 15.7 Å². The Hall–Kier alpha value is -3.66. The summed E-state index contributed by atoms with van der Waals surface area (Å²) in [7, 11) is -1.42. The van der Waals surface area contributed by atoms with Crippen molar-refractivity contribution in [2.75, 3.05) is 63.0 Å². The number of piperidine rings is 1. The van der Waals surface area contributed by atoms with E-state index in [0.717, 1.165) is 73.5 Å². The predicted octanol–water partition coefficient (Wildman–Crippen LogP) is 4.76. The Bertz CT molecular complexity index is 2210. The van der Waals surface area contributed by atoms with Crippen LogP contribution in [-0.2, 0) is 14.6 Å². The third-order valence-corrected chi connectivity index (χ3v) is 15.1. The van der Waals surface area contributed by atoms with Crippen molar-refractivity contribution >= 4 is 37.5 Å². The summed E-state index contributed by atoms with van der Waals surface area (Å²) >= 11 is 0. The third-order valence-electron chi connectivity index (χ3n) is 13.2. The normalized spacial score (nSPS) is 31.2. The largest absolute Gasteiger partial charge is 0.480 e. The molecule has 1 aromatic carbocycles. The number of aromatic amines is 1. The van der Waals surface area contributed by atoms with Gasteiger partial charge in [-0.2, -0.15) is 15.1 Å². The molecule has 6 atom stereocenters. The highest BCUT2D eigenvalue weighted by Crippen LogP contribution is 2.52. The lowest BCUT2D eigenvalue weighted by Crippen LogP contribution is -2.55. The van der Waals surface area contributed by atoms with Crippen molar-refractivity contribution in [3.8, 4) is 23.1 Å². The quantitative estimate of drug-likeness (QED) is 0.267. The summed E-state index contributed by atoms with van der Waals surface area (Å²) in [4.78, 5) is 19.1. The van der Waals surface area contributed by atoms with E-state index in [2.05, 4.69) is 15.1 Å². The summed E-state index contributed by atoms with van der Waals surface area (Å²) < 4.78 is 60.3. The molecule has 290 valence electrons. The maximum absolute atomic E-state index is 17.3. The average Bonchev–Trinajstić information content (AvgIpc) is 3.90. The SMILES string of the molecule is COc1nc(-c2c(C)c(C)cc3[nH]ncc23)c(F)c2nc(OC[C@]34CCC[C@H]3N(C3C[C@@H]5CS(=O)(=O)C[C@@H]5C3)CCC4)nc(N3CCOC[C@@](C)(O)C3)c12. The zero-order valence-electron chi connectivity index (χ0n) is 31.5. The van der Waals surface area contributed by atoms with Crippen LogP contribution < -0.4 is 14.4 Å². The second-order valence-electron chi connectivity index (χ2n) is 17.0. The first kappa shape index (κ1) is 36.0. The number of benzene rings is 1. The van der Waals surface area contributed by atoms with Gasteiger partial charge in [-0.1, -0.05) is 6.42 Å². The molecule has 15 heteroatoms. The molecule has 2 saturated carbocycles. The molecule has 3 aromatic heterocycles. The lowest BCUT2D eigenvalue weighted by molar-refractivity contribution is -0.0224. The number of aliphatic hydroxyl groups is 1. The number of nitrogens with one attached hydrogen (secondary N) is 1. The standard InChI is InChI=1S/C39H50FN7O6S/c1-22-13-28-27(16-41-45-28)30(23(22)2)33-32(40)34-31(36(42-33)51-4)35(46-11-12-52-20-38(3,48)19-46)44-37(43-34)53-21-39-8-5-7-29(39)47(10-6-9-39)26-14-24-17-54(49,50)18-25(24)15-26/h13,16,24-26,29,48H,5-12,14-15,17-21H2,1-4H3,(H,41,45)/t24-,25+,26?,29-,38+,39-/m1/s1. The first-order chi connectivity index (χ1) is 25.9. The lowest BCUT2D eigenvalue weighted by atomic mass is 9.75. The minimum atomic E-state index is -2.92. The third kappa shape index (κ3) is 6.09. The molecule has 6 heterocycles. The molecule has 13 nitrogen and oxygen atoms in total. The maximum Gasteiger partial charge on any atom is 0.319 e. The van der Waals surface area contributed by atoms with Crippen molar-refractivity contribution in [1.29, 1.82) is 0 Å². The summed E-state index contributed by atoms with van der Waals surface area (Å²) in [5, 5.41) is 19.5. The Labute approximate surface area is 314 Å². The van der Waals surface area contributed by atoms with Crippen LogP contribution in [0, 0.1) is 36.9 Å². The Morgan fingerprint density at radius 1 is 1.11 bits per heavy atom. The number of sulfone groups is 1. The molecule has 1 unspecified atom stereocenters. The number of likely N-dealkylation sites (tertiary alicyclic amines) is 1. The number of hydrogen-bond donors (Lipinski definition) is 2. The summed E-state index contributed by atoms with van der Waals surface area (Å²) in [5.74, 6) is 1.10. The summed E-state index contributed by atoms with van der Waals surface area (Å²) in [6, 6.07) is 2.76.